The Morgan fingerprint density at radius 1 is 1.21 bits per heavy atom. The molecule has 1 amide bonds. The molecule has 1 aromatic carbocycles. The number of alkyl halides is 3. The lowest BCUT2D eigenvalue weighted by molar-refractivity contribution is -0.137. The molecular weight excluding hydrogens is 369 g/mol. The summed E-state index contributed by atoms with van der Waals surface area (Å²) in [6, 6.07) is 5.38. The van der Waals surface area contributed by atoms with E-state index < -0.39 is 11.7 Å². The largest absolute Gasteiger partial charge is 0.416 e. The maximum atomic E-state index is 12.6. The average Bonchev–Trinajstić information content (AvgIpc) is 3.09. The normalized spacial score (nSPS) is 16.3. The maximum Gasteiger partial charge on any atom is 0.416 e. The first-order valence-corrected chi connectivity index (χ1v) is 9.35. The van der Waals surface area contributed by atoms with E-state index in [-0.39, 0.29) is 5.91 Å². The Kier molecular flexibility index (Phi) is 6.07. The number of halogens is 3. The molecule has 3 rings (SSSR count). The molecule has 8 heteroatoms. The summed E-state index contributed by atoms with van der Waals surface area (Å²) in [5.74, 6) is 0.398. The van der Waals surface area contributed by atoms with Gasteiger partial charge < -0.3 is 4.90 Å². The monoisotopic (exact) mass is 394 g/mol. The molecule has 2 aromatic rings. The molecule has 2 heterocycles. The van der Waals surface area contributed by atoms with E-state index in [9.17, 15) is 18.0 Å². The predicted molar refractivity (Wildman–Crippen MR) is 99.6 cm³/mol. The number of likely N-dealkylation sites (tertiary alicyclic amines) is 1. The van der Waals surface area contributed by atoms with Gasteiger partial charge in [0.15, 0.2) is 0 Å². The third-order valence-corrected chi connectivity index (χ3v) is 5.23. The molecule has 0 bridgehead atoms. The van der Waals surface area contributed by atoms with Gasteiger partial charge in [0.05, 0.1) is 17.3 Å². The summed E-state index contributed by atoms with van der Waals surface area (Å²) >= 11 is 0. The summed E-state index contributed by atoms with van der Waals surface area (Å²) in [5.41, 5.74) is 0.858. The van der Waals surface area contributed by atoms with Gasteiger partial charge in [0.1, 0.15) is 0 Å². The average molecular weight is 394 g/mol. The number of carbonyl (C=O) groups is 1. The van der Waals surface area contributed by atoms with Gasteiger partial charge >= 0.3 is 6.18 Å². The number of aryl methyl sites for hydroxylation is 1. The van der Waals surface area contributed by atoms with Crippen molar-refractivity contribution in [2.45, 2.75) is 25.6 Å². The lowest BCUT2D eigenvalue weighted by Crippen LogP contribution is -2.39. The van der Waals surface area contributed by atoms with Crippen molar-refractivity contribution in [3.63, 3.8) is 0 Å². The highest BCUT2D eigenvalue weighted by molar-refractivity contribution is 5.93. The van der Waals surface area contributed by atoms with Gasteiger partial charge in [-0.15, -0.1) is 0 Å². The molecular formula is C20H25F3N4O. The molecule has 28 heavy (non-hydrogen) atoms. The Labute approximate surface area is 162 Å². The van der Waals surface area contributed by atoms with E-state index in [1.54, 1.807) is 41.2 Å². The molecule has 0 aliphatic carbocycles. The third-order valence-electron chi connectivity index (χ3n) is 5.23. The molecule has 1 aliphatic rings. The van der Waals surface area contributed by atoms with Crippen LogP contribution in [0.5, 0.6) is 0 Å². The second-order valence-corrected chi connectivity index (χ2v) is 7.50. The number of piperidine rings is 1. The van der Waals surface area contributed by atoms with Crippen molar-refractivity contribution in [1.82, 2.24) is 19.6 Å². The van der Waals surface area contributed by atoms with E-state index in [0.717, 1.165) is 43.6 Å². The number of hydrogen-bond donors (Lipinski definition) is 0. The van der Waals surface area contributed by atoms with Crippen LogP contribution in [-0.2, 0) is 19.8 Å². The maximum absolute atomic E-state index is 12.6. The highest BCUT2D eigenvalue weighted by Gasteiger charge is 2.30. The Morgan fingerprint density at radius 3 is 2.39 bits per heavy atom. The fourth-order valence-electron chi connectivity index (χ4n) is 3.61. The first-order valence-electron chi connectivity index (χ1n) is 9.35. The van der Waals surface area contributed by atoms with E-state index >= 15 is 0 Å². The minimum Gasteiger partial charge on any atom is -0.341 e. The summed E-state index contributed by atoms with van der Waals surface area (Å²) in [6.45, 7) is 3.10. The van der Waals surface area contributed by atoms with Gasteiger partial charge in [0, 0.05) is 33.4 Å². The molecule has 0 saturated carbocycles. The van der Waals surface area contributed by atoms with Gasteiger partial charge in [-0.05, 0) is 49.5 Å². The standard InChI is InChI=1S/C20H25F3N4O/c1-25(19(28)17-11-24-26(2)14-17)12-16-7-9-27(10-8-16)13-15-3-5-18(6-4-15)20(21,22)23/h3-6,11,14,16H,7-10,12-13H2,1-2H3. The summed E-state index contributed by atoms with van der Waals surface area (Å²) in [6.07, 6.45) is 0.920. The van der Waals surface area contributed by atoms with Crippen LogP contribution in [-0.4, -0.2) is 52.2 Å². The topological polar surface area (TPSA) is 41.4 Å². The summed E-state index contributed by atoms with van der Waals surface area (Å²) < 4.78 is 39.6. The van der Waals surface area contributed by atoms with Gasteiger partial charge in [0.2, 0.25) is 0 Å². The highest BCUT2D eigenvalue weighted by atomic mass is 19.4. The highest BCUT2D eigenvalue weighted by Crippen LogP contribution is 2.29. The van der Waals surface area contributed by atoms with Crippen molar-refractivity contribution in [3.05, 3.63) is 53.3 Å². The van der Waals surface area contributed by atoms with Crippen LogP contribution in [0.15, 0.2) is 36.7 Å². The van der Waals surface area contributed by atoms with Gasteiger partial charge in [-0.25, -0.2) is 0 Å². The SMILES string of the molecule is CN(CC1CCN(Cc2ccc(C(F)(F)F)cc2)CC1)C(=O)c1cnn(C)c1. The van der Waals surface area contributed by atoms with E-state index in [1.807, 2.05) is 7.05 Å². The quantitative estimate of drug-likeness (QED) is 0.780. The van der Waals surface area contributed by atoms with Crippen molar-refractivity contribution < 1.29 is 18.0 Å². The number of aromatic nitrogens is 2. The molecule has 0 radical (unpaired) electrons. The number of carbonyl (C=O) groups excluding carboxylic acids is 1. The molecule has 0 N–H and O–H groups in total. The van der Waals surface area contributed by atoms with Crippen LogP contribution in [0.2, 0.25) is 0 Å². The van der Waals surface area contributed by atoms with Crippen LogP contribution in [0.3, 0.4) is 0 Å². The van der Waals surface area contributed by atoms with E-state index in [1.165, 1.54) is 0 Å². The molecule has 0 spiro atoms. The van der Waals surface area contributed by atoms with Gasteiger partial charge in [-0.1, -0.05) is 12.1 Å². The van der Waals surface area contributed by atoms with E-state index in [2.05, 4.69) is 10.00 Å². The first kappa shape index (κ1) is 20.4. The Hall–Kier alpha value is -2.35. The smallest absolute Gasteiger partial charge is 0.341 e. The lowest BCUT2D eigenvalue weighted by Gasteiger charge is -2.34. The summed E-state index contributed by atoms with van der Waals surface area (Å²) in [7, 11) is 3.59. The molecule has 0 unspecified atom stereocenters. The zero-order valence-corrected chi connectivity index (χ0v) is 16.1. The van der Waals surface area contributed by atoms with Gasteiger partial charge in [-0.3, -0.25) is 14.4 Å². The predicted octanol–water partition coefficient (Wildman–Crippen LogP) is 3.42. The Bertz CT molecular complexity index is 793. The van der Waals surface area contributed by atoms with Crippen molar-refractivity contribution >= 4 is 5.91 Å². The minimum absolute atomic E-state index is 0.0275. The van der Waals surface area contributed by atoms with Crippen LogP contribution < -0.4 is 0 Å². The number of benzene rings is 1. The van der Waals surface area contributed by atoms with Crippen molar-refractivity contribution in [1.29, 1.82) is 0 Å². The van der Waals surface area contributed by atoms with Crippen molar-refractivity contribution in [2.75, 3.05) is 26.7 Å². The van der Waals surface area contributed by atoms with E-state index in [0.29, 0.717) is 24.6 Å². The fourth-order valence-corrected chi connectivity index (χ4v) is 3.61. The molecule has 1 fully saturated rings. The Balaban J connectivity index is 1.46. The summed E-state index contributed by atoms with van der Waals surface area (Å²) in [5, 5.41) is 4.04. The molecule has 0 atom stereocenters. The van der Waals surface area contributed by atoms with Gasteiger partial charge in [-0.2, -0.15) is 18.3 Å². The van der Waals surface area contributed by atoms with E-state index in [4.69, 9.17) is 0 Å². The minimum atomic E-state index is -4.30. The zero-order chi connectivity index (χ0) is 20.3. The van der Waals surface area contributed by atoms with Crippen molar-refractivity contribution in [2.24, 2.45) is 13.0 Å². The first-order chi connectivity index (χ1) is 13.2. The van der Waals surface area contributed by atoms with Crippen LogP contribution in [0, 0.1) is 5.92 Å². The second-order valence-electron chi connectivity index (χ2n) is 7.50. The van der Waals surface area contributed by atoms with Crippen LogP contribution in [0.1, 0.15) is 34.3 Å². The molecule has 152 valence electrons. The number of hydrogen-bond acceptors (Lipinski definition) is 3. The number of amides is 1. The second kappa shape index (κ2) is 8.34. The van der Waals surface area contributed by atoms with Crippen molar-refractivity contribution in [3.8, 4) is 0 Å². The third kappa shape index (κ3) is 5.13. The van der Waals surface area contributed by atoms with Crippen LogP contribution >= 0.6 is 0 Å². The lowest BCUT2D eigenvalue weighted by atomic mass is 9.95. The number of nitrogens with zero attached hydrogens (tertiary/aromatic N) is 4. The summed E-state index contributed by atoms with van der Waals surface area (Å²) in [4.78, 5) is 16.4. The Morgan fingerprint density at radius 2 is 1.86 bits per heavy atom. The van der Waals surface area contributed by atoms with Gasteiger partial charge in [0.25, 0.3) is 5.91 Å². The molecule has 1 saturated heterocycles. The fraction of sp³-hybridized carbons (Fsp3) is 0.500. The zero-order valence-electron chi connectivity index (χ0n) is 16.1. The van der Waals surface area contributed by atoms with Crippen LogP contribution in [0.25, 0.3) is 0 Å². The number of rotatable bonds is 5. The molecule has 1 aromatic heterocycles. The molecule has 1 aliphatic heterocycles. The van der Waals surface area contributed by atoms with Crippen LogP contribution in [0.4, 0.5) is 13.2 Å². The molecule has 5 nitrogen and oxygen atoms in total.